The minimum atomic E-state index is -4.21. The van der Waals surface area contributed by atoms with Crippen LogP contribution in [-0.4, -0.2) is 122 Å². The second-order valence-electron chi connectivity index (χ2n) is 13.2. The molecule has 0 saturated carbocycles. The Kier molecular flexibility index (Phi) is 10.2. The molecule has 0 spiro atoms. The number of thiazole rings is 1. The predicted molar refractivity (Wildman–Crippen MR) is 184 cm³/mol. The maximum absolute atomic E-state index is 14.0. The minimum Gasteiger partial charge on any atom is -0.443 e. The zero-order valence-corrected chi connectivity index (χ0v) is 30.8. The molecule has 0 radical (unpaired) electrons. The van der Waals surface area contributed by atoms with Crippen LogP contribution in [0.2, 0.25) is 5.02 Å². The highest BCUT2D eigenvalue weighted by atomic mass is 35.5. The lowest BCUT2D eigenvalue weighted by Crippen LogP contribution is -2.58. The van der Waals surface area contributed by atoms with Gasteiger partial charge in [-0.1, -0.05) is 11.6 Å². The SMILES string of the molecule is CC(C)(C)OC(=O)NS(=O)(=O)C1Cc2nc(C(=O)N3CCN(S(=O)(=O)c4cc5cc(Cl)ccc5[nH]4)CC3CC(=O)N3CCOCC3)sc2CN1. The van der Waals surface area contributed by atoms with Gasteiger partial charge in [0.05, 0.1) is 24.9 Å². The molecule has 0 bridgehead atoms. The van der Waals surface area contributed by atoms with Crippen LogP contribution < -0.4 is 10.0 Å². The summed E-state index contributed by atoms with van der Waals surface area (Å²) in [6.45, 7) is 6.28. The predicted octanol–water partition coefficient (Wildman–Crippen LogP) is 1.87. The molecule has 2 atom stereocenters. The van der Waals surface area contributed by atoms with Crippen molar-refractivity contribution < 1.29 is 40.7 Å². The lowest BCUT2D eigenvalue weighted by atomic mass is 10.1. The fraction of sp³-hybridized carbons (Fsp3) is 0.533. The number of benzene rings is 1. The molecule has 3 amide bonds. The van der Waals surface area contributed by atoms with Crippen LogP contribution in [0.5, 0.6) is 0 Å². The van der Waals surface area contributed by atoms with E-state index in [1.165, 1.54) is 15.3 Å². The van der Waals surface area contributed by atoms with E-state index < -0.39 is 49.1 Å². The molecule has 272 valence electrons. The molecule has 50 heavy (non-hydrogen) atoms. The molecular weight excluding hydrogens is 734 g/mol. The van der Waals surface area contributed by atoms with Crippen LogP contribution >= 0.6 is 22.9 Å². The summed E-state index contributed by atoms with van der Waals surface area (Å²) in [6.07, 6.45) is -1.34. The van der Waals surface area contributed by atoms with Gasteiger partial charge in [0, 0.05) is 72.9 Å². The van der Waals surface area contributed by atoms with Gasteiger partial charge >= 0.3 is 6.09 Å². The van der Waals surface area contributed by atoms with Gasteiger partial charge < -0.3 is 24.3 Å². The molecule has 3 aromatic rings. The van der Waals surface area contributed by atoms with Crippen LogP contribution in [0.1, 0.15) is 47.6 Å². The largest absolute Gasteiger partial charge is 0.443 e. The Hall–Kier alpha value is -3.33. The first-order chi connectivity index (χ1) is 23.5. The molecule has 2 fully saturated rings. The molecule has 2 aromatic heterocycles. The highest BCUT2D eigenvalue weighted by Gasteiger charge is 2.41. The summed E-state index contributed by atoms with van der Waals surface area (Å²) in [6, 6.07) is 5.69. The molecule has 3 N–H and O–H groups in total. The number of hydrogen-bond acceptors (Lipinski definition) is 12. The highest BCUT2D eigenvalue weighted by Crippen LogP contribution is 2.30. The molecule has 20 heteroatoms. The Bertz CT molecular complexity index is 2020. The Labute approximate surface area is 298 Å². The third kappa shape index (κ3) is 7.93. The number of halogens is 1. The number of fused-ring (bicyclic) bond motifs is 2. The summed E-state index contributed by atoms with van der Waals surface area (Å²) < 4.78 is 67.3. The van der Waals surface area contributed by atoms with Crippen molar-refractivity contribution in [2.24, 2.45) is 0 Å². The normalized spacial score (nSPS) is 20.8. The standard InChI is InChI=1S/C30H38ClN7O9S3/c1-30(2,3)47-29(41)35-49(42,43)24-15-22-23(16-32-24)48-27(34-22)28(40)38-7-6-37(17-20(38)14-26(39)36-8-10-46-11-9-36)50(44,45)25-13-18-12-19(31)4-5-21(18)33-25/h4-5,12-13,20,24,32-33H,6-11,14-17H2,1-3H3,(H,35,41). The number of rotatable bonds is 7. The highest BCUT2D eigenvalue weighted by molar-refractivity contribution is 7.90. The van der Waals surface area contributed by atoms with E-state index in [1.807, 2.05) is 4.72 Å². The molecule has 3 aliphatic rings. The van der Waals surface area contributed by atoms with Crippen molar-refractivity contribution in [1.29, 1.82) is 0 Å². The number of morpholine rings is 1. The number of aromatic amines is 1. The van der Waals surface area contributed by atoms with Crippen molar-refractivity contribution in [2.75, 3.05) is 45.9 Å². The quantitative estimate of drug-likeness (QED) is 0.317. The van der Waals surface area contributed by atoms with Gasteiger partial charge in [-0.3, -0.25) is 14.9 Å². The number of piperazine rings is 1. The van der Waals surface area contributed by atoms with E-state index >= 15 is 0 Å². The number of nitrogens with one attached hydrogen (secondary N) is 3. The van der Waals surface area contributed by atoms with Crippen molar-refractivity contribution >= 4 is 71.8 Å². The average molecular weight is 772 g/mol. The summed E-state index contributed by atoms with van der Waals surface area (Å²) in [7, 11) is -8.26. The minimum absolute atomic E-state index is 0.00944. The van der Waals surface area contributed by atoms with Crippen molar-refractivity contribution in [3.05, 3.63) is 44.9 Å². The molecule has 16 nitrogen and oxygen atoms in total. The van der Waals surface area contributed by atoms with E-state index in [4.69, 9.17) is 21.1 Å². The lowest BCUT2D eigenvalue weighted by Gasteiger charge is -2.41. The molecule has 2 unspecified atom stereocenters. The van der Waals surface area contributed by atoms with Gasteiger partial charge in [0.15, 0.2) is 5.01 Å². The smallest absolute Gasteiger partial charge is 0.421 e. The van der Waals surface area contributed by atoms with E-state index in [9.17, 15) is 31.2 Å². The first-order valence-corrected chi connectivity index (χ1v) is 20.1. The Morgan fingerprint density at radius 3 is 2.56 bits per heavy atom. The van der Waals surface area contributed by atoms with E-state index in [0.717, 1.165) is 11.3 Å². The van der Waals surface area contributed by atoms with E-state index in [1.54, 1.807) is 43.9 Å². The third-order valence-corrected chi connectivity index (χ3v) is 13.1. The van der Waals surface area contributed by atoms with Crippen molar-refractivity contribution in [3.63, 3.8) is 0 Å². The van der Waals surface area contributed by atoms with E-state index in [-0.39, 0.29) is 55.0 Å². The van der Waals surface area contributed by atoms with Gasteiger partial charge in [0.1, 0.15) is 16.0 Å². The van der Waals surface area contributed by atoms with E-state index in [0.29, 0.717) is 52.8 Å². The van der Waals surface area contributed by atoms with Gasteiger partial charge in [-0.15, -0.1) is 11.3 Å². The van der Waals surface area contributed by atoms with Crippen LogP contribution in [0.15, 0.2) is 29.3 Å². The zero-order chi connectivity index (χ0) is 36.0. The van der Waals surface area contributed by atoms with Crippen molar-refractivity contribution in [3.8, 4) is 0 Å². The van der Waals surface area contributed by atoms with Gasteiger partial charge in [-0.05, 0) is 45.0 Å². The van der Waals surface area contributed by atoms with Gasteiger partial charge in [-0.2, -0.15) is 4.31 Å². The fourth-order valence-corrected chi connectivity index (χ4v) is 9.80. The molecular formula is C30H38ClN7O9S3. The molecule has 1 aromatic carbocycles. The molecule has 3 aliphatic heterocycles. The topological polar surface area (TPSA) is 200 Å². The first-order valence-electron chi connectivity index (χ1n) is 15.9. The van der Waals surface area contributed by atoms with Gasteiger partial charge in [0.2, 0.25) is 5.91 Å². The summed E-state index contributed by atoms with van der Waals surface area (Å²) in [5.41, 5.74) is 0.0826. The third-order valence-electron chi connectivity index (χ3n) is 8.49. The number of ether oxygens (including phenoxy) is 2. The summed E-state index contributed by atoms with van der Waals surface area (Å²) in [5, 5.41) is 2.82. The number of carbonyl (C=O) groups excluding carboxylic acids is 3. The number of H-pyrrole nitrogens is 1. The van der Waals surface area contributed by atoms with Crippen LogP contribution in [0.3, 0.4) is 0 Å². The van der Waals surface area contributed by atoms with Gasteiger partial charge in [0.25, 0.3) is 26.0 Å². The van der Waals surface area contributed by atoms with Crippen LogP contribution in [0, 0.1) is 0 Å². The Morgan fingerprint density at radius 2 is 1.84 bits per heavy atom. The lowest BCUT2D eigenvalue weighted by molar-refractivity contribution is -0.136. The summed E-state index contributed by atoms with van der Waals surface area (Å²) in [5.74, 6) is -0.725. The van der Waals surface area contributed by atoms with Crippen LogP contribution in [-0.2, 0) is 47.3 Å². The number of aromatic nitrogens is 2. The summed E-state index contributed by atoms with van der Waals surface area (Å²) >= 11 is 7.20. The number of amides is 3. The number of nitrogens with zero attached hydrogens (tertiary/aromatic N) is 4. The molecule has 0 aliphatic carbocycles. The maximum atomic E-state index is 14.0. The monoisotopic (exact) mass is 771 g/mol. The number of hydrogen-bond donors (Lipinski definition) is 3. The zero-order valence-electron chi connectivity index (χ0n) is 27.6. The second-order valence-corrected chi connectivity index (χ2v) is 18.5. The second kappa shape index (κ2) is 14.0. The van der Waals surface area contributed by atoms with Crippen LogP contribution in [0.4, 0.5) is 4.79 Å². The summed E-state index contributed by atoms with van der Waals surface area (Å²) in [4.78, 5) is 50.8. The maximum Gasteiger partial charge on any atom is 0.421 e. The van der Waals surface area contributed by atoms with Crippen LogP contribution in [0.25, 0.3) is 10.9 Å². The van der Waals surface area contributed by atoms with Gasteiger partial charge in [-0.25, -0.2) is 31.3 Å². The molecule has 6 rings (SSSR count). The number of sulfonamides is 2. The van der Waals surface area contributed by atoms with Crippen molar-refractivity contribution in [2.45, 2.75) is 62.2 Å². The molecule has 5 heterocycles. The Morgan fingerprint density at radius 1 is 1.10 bits per heavy atom. The Balaban J connectivity index is 1.21. The van der Waals surface area contributed by atoms with E-state index in [2.05, 4.69) is 15.3 Å². The fourth-order valence-electron chi connectivity index (χ4n) is 6.04. The average Bonchev–Trinajstić information content (AvgIpc) is 3.68. The molecule has 2 saturated heterocycles. The van der Waals surface area contributed by atoms with Crippen molar-refractivity contribution in [1.82, 2.24) is 34.1 Å². The number of carbonyl (C=O) groups is 3. The first kappa shape index (κ1) is 36.5.